The highest BCUT2D eigenvalue weighted by atomic mass is 16.3. The molecule has 1 aromatic rings. The number of carbonyl (C=O) groups is 1. The number of anilines is 1. The third kappa shape index (κ3) is 2.52. The van der Waals surface area contributed by atoms with Crippen molar-refractivity contribution < 1.29 is 9.90 Å². The molecular formula is C10H18N4O2. The maximum Gasteiger partial charge on any atom is 0.274 e. The number of carbonyl (C=O) groups excluding carboxylic acids is 1. The van der Waals surface area contributed by atoms with E-state index < -0.39 is 5.54 Å². The zero-order valence-corrected chi connectivity index (χ0v) is 9.79. The highest BCUT2D eigenvalue weighted by Crippen LogP contribution is 2.15. The molecule has 1 rings (SSSR count). The van der Waals surface area contributed by atoms with Gasteiger partial charge in [0.2, 0.25) is 0 Å². The molecule has 0 aliphatic carbocycles. The van der Waals surface area contributed by atoms with Crippen LogP contribution in [0.25, 0.3) is 0 Å². The molecular weight excluding hydrogens is 208 g/mol. The molecule has 6 heteroatoms. The normalized spacial score (nSPS) is 11.5. The number of amides is 1. The Kier molecular flexibility index (Phi) is 3.54. The van der Waals surface area contributed by atoms with Crippen LogP contribution >= 0.6 is 0 Å². The van der Waals surface area contributed by atoms with Gasteiger partial charge in [-0.25, -0.2) is 0 Å². The average molecular weight is 226 g/mol. The SMILES string of the molecule is CCc1[nH]nc(C(=O)NC(C)(C)CO)c1N. The summed E-state index contributed by atoms with van der Waals surface area (Å²) in [6, 6.07) is 0. The van der Waals surface area contributed by atoms with Crippen molar-refractivity contribution in [2.45, 2.75) is 32.7 Å². The summed E-state index contributed by atoms with van der Waals surface area (Å²) in [5.41, 5.74) is 6.36. The Morgan fingerprint density at radius 3 is 2.69 bits per heavy atom. The van der Waals surface area contributed by atoms with E-state index in [1.807, 2.05) is 6.92 Å². The van der Waals surface area contributed by atoms with Crippen LogP contribution in [0.15, 0.2) is 0 Å². The lowest BCUT2D eigenvalue weighted by Gasteiger charge is -2.22. The number of aryl methyl sites for hydroxylation is 1. The van der Waals surface area contributed by atoms with Crippen LogP contribution in [0.5, 0.6) is 0 Å². The van der Waals surface area contributed by atoms with E-state index in [1.165, 1.54) is 0 Å². The molecule has 1 heterocycles. The molecule has 90 valence electrons. The van der Waals surface area contributed by atoms with Gasteiger partial charge in [0, 0.05) is 0 Å². The number of nitrogens with zero attached hydrogens (tertiary/aromatic N) is 1. The molecule has 0 radical (unpaired) electrons. The summed E-state index contributed by atoms with van der Waals surface area (Å²) in [6.45, 7) is 5.20. The monoisotopic (exact) mass is 226 g/mol. The van der Waals surface area contributed by atoms with Crippen LogP contribution in [0.2, 0.25) is 0 Å². The zero-order chi connectivity index (χ0) is 12.3. The third-order valence-electron chi connectivity index (χ3n) is 2.30. The topological polar surface area (TPSA) is 104 Å². The van der Waals surface area contributed by atoms with E-state index in [-0.39, 0.29) is 18.2 Å². The molecule has 5 N–H and O–H groups in total. The van der Waals surface area contributed by atoms with Gasteiger partial charge in [-0.1, -0.05) is 6.92 Å². The Labute approximate surface area is 94.2 Å². The Morgan fingerprint density at radius 2 is 2.25 bits per heavy atom. The maximum absolute atomic E-state index is 11.8. The fourth-order valence-electron chi connectivity index (χ4n) is 1.24. The van der Waals surface area contributed by atoms with E-state index in [4.69, 9.17) is 10.8 Å². The molecule has 0 aliphatic rings. The molecule has 16 heavy (non-hydrogen) atoms. The zero-order valence-electron chi connectivity index (χ0n) is 9.79. The van der Waals surface area contributed by atoms with Crippen molar-refractivity contribution in [3.05, 3.63) is 11.4 Å². The van der Waals surface area contributed by atoms with Gasteiger partial charge in [0.05, 0.1) is 23.5 Å². The highest BCUT2D eigenvalue weighted by molar-refractivity contribution is 5.98. The summed E-state index contributed by atoms with van der Waals surface area (Å²) in [6.07, 6.45) is 0.690. The third-order valence-corrected chi connectivity index (χ3v) is 2.30. The quantitative estimate of drug-likeness (QED) is 0.582. The van der Waals surface area contributed by atoms with Gasteiger partial charge in [0.25, 0.3) is 5.91 Å². The van der Waals surface area contributed by atoms with Crippen molar-refractivity contribution in [3.63, 3.8) is 0 Å². The fourth-order valence-corrected chi connectivity index (χ4v) is 1.24. The first-order valence-corrected chi connectivity index (χ1v) is 5.17. The van der Waals surface area contributed by atoms with E-state index >= 15 is 0 Å². The van der Waals surface area contributed by atoms with Gasteiger partial charge in [0.1, 0.15) is 0 Å². The van der Waals surface area contributed by atoms with Gasteiger partial charge in [0.15, 0.2) is 5.69 Å². The molecule has 0 saturated carbocycles. The Hall–Kier alpha value is -1.56. The van der Waals surface area contributed by atoms with Crippen LogP contribution in [0, 0.1) is 0 Å². The summed E-state index contributed by atoms with van der Waals surface area (Å²) in [4.78, 5) is 11.8. The first-order valence-electron chi connectivity index (χ1n) is 5.17. The molecule has 0 spiro atoms. The Morgan fingerprint density at radius 1 is 1.62 bits per heavy atom. The van der Waals surface area contributed by atoms with Crippen molar-refractivity contribution in [1.82, 2.24) is 15.5 Å². The average Bonchev–Trinajstić information content (AvgIpc) is 2.59. The van der Waals surface area contributed by atoms with Crippen molar-refractivity contribution in [2.24, 2.45) is 0 Å². The smallest absolute Gasteiger partial charge is 0.274 e. The minimum atomic E-state index is -0.686. The molecule has 6 nitrogen and oxygen atoms in total. The number of nitrogens with one attached hydrogen (secondary N) is 2. The number of aromatic nitrogens is 2. The second kappa shape index (κ2) is 4.52. The number of aromatic amines is 1. The van der Waals surface area contributed by atoms with E-state index in [0.717, 1.165) is 5.69 Å². The van der Waals surface area contributed by atoms with E-state index in [2.05, 4.69) is 15.5 Å². The first kappa shape index (κ1) is 12.5. The van der Waals surface area contributed by atoms with E-state index in [1.54, 1.807) is 13.8 Å². The fraction of sp³-hybridized carbons (Fsp3) is 0.600. The number of aliphatic hydroxyl groups is 1. The van der Waals surface area contributed by atoms with Crippen molar-refractivity contribution in [1.29, 1.82) is 0 Å². The minimum Gasteiger partial charge on any atom is -0.395 e. The van der Waals surface area contributed by atoms with Crippen LogP contribution in [-0.2, 0) is 6.42 Å². The Bertz CT molecular complexity index is 384. The molecule has 0 aliphatic heterocycles. The number of nitrogens with two attached hydrogens (primary N) is 1. The molecule has 0 fully saturated rings. The largest absolute Gasteiger partial charge is 0.395 e. The van der Waals surface area contributed by atoms with Crippen LogP contribution in [-0.4, -0.2) is 33.4 Å². The van der Waals surface area contributed by atoms with Gasteiger partial charge >= 0.3 is 0 Å². The summed E-state index contributed by atoms with van der Waals surface area (Å²) >= 11 is 0. The lowest BCUT2D eigenvalue weighted by Crippen LogP contribution is -2.46. The lowest BCUT2D eigenvalue weighted by molar-refractivity contribution is 0.0865. The van der Waals surface area contributed by atoms with E-state index in [0.29, 0.717) is 12.1 Å². The van der Waals surface area contributed by atoms with Gasteiger partial charge in [-0.05, 0) is 20.3 Å². The lowest BCUT2D eigenvalue weighted by atomic mass is 10.1. The van der Waals surface area contributed by atoms with Gasteiger partial charge in [-0.15, -0.1) is 0 Å². The summed E-state index contributed by atoms with van der Waals surface area (Å²) in [5, 5.41) is 18.3. The standard InChI is InChI=1S/C10H18N4O2/c1-4-6-7(11)8(14-13-6)9(16)12-10(2,3)5-15/h15H,4-5,11H2,1-3H3,(H,12,16)(H,13,14). The number of aliphatic hydroxyl groups excluding tert-OH is 1. The van der Waals surface area contributed by atoms with Crippen LogP contribution < -0.4 is 11.1 Å². The van der Waals surface area contributed by atoms with Gasteiger partial charge in [-0.2, -0.15) is 5.10 Å². The minimum absolute atomic E-state index is 0.149. The van der Waals surface area contributed by atoms with Crippen molar-refractivity contribution >= 4 is 11.6 Å². The van der Waals surface area contributed by atoms with Crippen LogP contribution in [0.4, 0.5) is 5.69 Å². The maximum atomic E-state index is 11.8. The van der Waals surface area contributed by atoms with Gasteiger partial charge < -0.3 is 16.2 Å². The summed E-state index contributed by atoms with van der Waals surface area (Å²) < 4.78 is 0. The van der Waals surface area contributed by atoms with E-state index in [9.17, 15) is 4.79 Å². The highest BCUT2D eigenvalue weighted by Gasteiger charge is 2.23. The molecule has 0 bridgehead atoms. The second-order valence-corrected chi connectivity index (χ2v) is 4.31. The Balaban J connectivity index is 2.85. The molecule has 0 saturated heterocycles. The number of nitrogen functional groups attached to an aromatic ring is 1. The number of H-pyrrole nitrogens is 1. The van der Waals surface area contributed by atoms with Gasteiger partial charge in [-0.3, -0.25) is 9.89 Å². The molecule has 0 aromatic carbocycles. The predicted molar refractivity (Wildman–Crippen MR) is 61.0 cm³/mol. The number of hydrogen-bond donors (Lipinski definition) is 4. The second-order valence-electron chi connectivity index (χ2n) is 4.31. The summed E-state index contributed by atoms with van der Waals surface area (Å²) in [7, 11) is 0. The molecule has 1 aromatic heterocycles. The molecule has 0 atom stereocenters. The molecule has 1 amide bonds. The van der Waals surface area contributed by atoms with Crippen LogP contribution in [0.3, 0.4) is 0 Å². The number of rotatable bonds is 4. The van der Waals surface area contributed by atoms with Crippen LogP contribution in [0.1, 0.15) is 37.0 Å². The van der Waals surface area contributed by atoms with Crippen molar-refractivity contribution in [3.8, 4) is 0 Å². The predicted octanol–water partition coefficient (Wildman–Crippen LogP) is 0.0550. The molecule has 0 unspecified atom stereocenters. The van der Waals surface area contributed by atoms with Crippen molar-refractivity contribution in [2.75, 3.05) is 12.3 Å². The first-order chi connectivity index (χ1) is 7.41. The number of hydrogen-bond acceptors (Lipinski definition) is 4. The summed E-state index contributed by atoms with van der Waals surface area (Å²) in [5.74, 6) is -0.382.